The molecule has 0 unspecified atom stereocenters. The minimum absolute atomic E-state index is 0.00382. The van der Waals surface area contributed by atoms with Gasteiger partial charge >= 0.3 is 12.1 Å². The Kier molecular flexibility index (Phi) is 5.54. The van der Waals surface area contributed by atoms with E-state index in [1.54, 1.807) is 12.1 Å². The molecule has 0 aromatic heterocycles. The number of hydrogen-bond donors (Lipinski definition) is 1. The van der Waals surface area contributed by atoms with Gasteiger partial charge in [-0.1, -0.05) is 61.3 Å². The minimum atomic E-state index is -5.18. The number of fused-ring (bicyclic) bond motifs is 1. The first-order valence-electron chi connectivity index (χ1n) is 9.87. The van der Waals surface area contributed by atoms with Crippen LogP contribution in [0.4, 0.5) is 24.5 Å². The highest BCUT2D eigenvalue weighted by atomic mass is 35.5. The van der Waals surface area contributed by atoms with E-state index >= 15 is 0 Å². The minimum Gasteiger partial charge on any atom is -0.357 e. The lowest BCUT2D eigenvalue weighted by atomic mass is 9.73. The SMILES string of the molecule is CC1(C)CC(=O)C2=C(C1)Nc1ccccc1N(C(=O)C(F)(F)F)[C@H]2c1cccc(Cl)c1Cl. The summed E-state index contributed by atoms with van der Waals surface area (Å²) in [6.45, 7) is 3.82. The summed E-state index contributed by atoms with van der Waals surface area (Å²) < 4.78 is 41.4. The van der Waals surface area contributed by atoms with E-state index in [1.807, 2.05) is 13.8 Å². The van der Waals surface area contributed by atoms with Gasteiger partial charge in [-0.2, -0.15) is 13.2 Å². The molecule has 1 N–H and O–H groups in total. The van der Waals surface area contributed by atoms with E-state index in [0.29, 0.717) is 22.7 Å². The van der Waals surface area contributed by atoms with Crippen LogP contribution in [0.25, 0.3) is 0 Å². The highest BCUT2D eigenvalue weighted by Crippen LogP contribution is 2.50. The van der Waals surface area contributed by atoms with Crippen molar-refractivity contribution in [3.05, 3.63) is 69.3 Å². The van der Waals surface area contributed by atoms with Crippen molar-refractivity contribution in [1.29, 1.82) is 0 Å². The zero-order chi connectivity index (χ0) is 23.4. The van der Waals surface area contributed by atoms with Crippen LogP contribution in [0.1, 0.15) is 38.3 Å². The maximum atomic E-state index is 13.8. The molecule has 0 fully saturated rings. The van der Waals surface area contributed by atoms with Gasteiger partial charge in [-0.15, -0.1) is 0 Å². The molecule has 0 saturated heterocycles. The molecule has 1 amide bonds. The number of para-hydroxylation sites is 2. The lowest BCUT2D eigenvalue weighted by Gasteiger charge is -2.37. The Hall–Kier alpha value is -2.51. The Morgan fingerprint density at radius 1 is 1.09 bits per heavy atom. The van der Waals surface area contributed by atoms with Gasteiger partial charge in [0.1, 0.15) is 0 Å². The third-order valence-electron chi connectivity index (χ3n) is 5.64. The molecule has 0 radical (unpaired) electrons. The van der Waals surface area contributed by atoms with Gasteiger partial charge in [0.15, 0.2) is 5.78 Å². The number of allylic oxidation sites excluding steroid dienone is 1. The summed E-state index contributed by atoms with van der Waals surface area (Å²) >= 11 is 12.6. The van der Waals surface area contributed by atoms with Crippen molar-refractivity contribution in [3.63, 3.8) is 0 Å². The summed E-state index contributed by atoms with van der Waals surface area (Å²) in [5.74, 6) is -2.45. The molecule has 1 aliphatic heterocycles. The van der Waals surface area contributed by atoms with Gasteiger partial charge in [-0.05, 0) is 35.6 Å². The van der Waals surface area contributed by atoms with Crippen LogP contribution in [0.3, 0.4) is 0 Å². The summed E-state index contributed by atoms with van der Waals surface area (Å²) in [4.78, 5) is 26.7. The smallest absolute Gasteiger partial charge is 0.357 e. The predicted molar refractivity (Wildman–Crippen MR) is 118 cm³/mol. The molecule has 0 saturated carbocycles. The molecule has 2 aliphatic rings. The average Bonchev–Trinajstić information content (AvgIpc) is 2.82. The summed E-state index contributed by atoms with van der Waals surface area (Å²) in [5, 5.41) is 3.24. The number of nitrogens with zero attached hydrogens (tertiary/aromatic N) is 1. The Morgan fingerprint density at radius 2 is 1.78 bits per heavy atom. The number of hydrogen-bond acceptors (Lipinski definition) is 3. The van der Waals surface area contributed by atoms with Crippen molar-refractivity contribution >= 4 is 46.3 Å². The Labute approximate surface area is 193 Å². The van der Waals surface area contributed by atoms with Crippen molar-refractivity contribution in [2.45, 2.75) is 38.9 Å². The second-order valence-corrected chi connectivity index (χ2v) is 9.48. The molecule has 2 aromatic rings. The number of rotatable bonds is 1. The molecule has 2 aromatic carbocycles. The molecule has 1 heterocycles. The number of Topliss-reactive ketones (excluding diaryl/α,β-unsaturated/α-hetero) is 1. The fourth-order valence-corrected chi connectivity index (χ4v) is 4.78. The molecule has 4 nitrogen and oxygen atoms in total. The number of halogens is 5. The fraction of sp³-hybridized carbons (Fsp3) is 0.304. The van der Waals surface area contributed by atoms with Crippen LogP contribution < -0.4 is 10.2 Å². The average molecular weight is 483 g/mol. The van der Waals surface area contributed by atoms with Crippen molar-refractivity contribution in [3.8, 4) is 0 Å². The molecule has 168 valence electrons. The maximum absolute atomic E-state index is 13.8. The number of nitrogens with one attached hydrogen (secondary N) is 1. The van der Waals surface area contributed by atoms with E-state index in [2.05, 4.69) is 5.32 Å². The van der Waals surface area contributed by atoms with Crippen molar-refractivity contribution in [2.24, 2.45) is 5.41 Å². The van der Waals surface area contributed by atoms with Gasteiger partial charge in [0.25, 0.3) is 0 Å². The first-order chi connectivity index (χ1) is 14.9. The second kappa shape index (κ2) is 7.81. The van der Waals surface area contributed by atoms with Crippen molar-refractivity contribution < 1.29 is 22.8 Å². The van der Waals surface area contributed by atoms with Gasteiger partial charge in [0, 0.05) is 17.7 Å². The van der Waals surface area contributed by atoms with Gasteiger partial charge in [0.05, 0.1) is 27.5 Å². The normalized spacial score (nSPS) is 20.3. The summed E-state index contributed by atoms with van der Waals surface area (Å²) in [6.07, 6.45) is -4.66. The Balaban J connectivity index is 2.08. The quantitative estimate of drug-likeness (QED) is 0.491. The van der Waals surface area contributed by atoms with Crippen LogP contribution >= 0.6 is 23.2 Å². The van der Waals surface area contributed by atoms with E-state index < -0.39 is 23.5 Å². The van der Waals surface area contributed by atoms with Gasteiger partial charge in [0.2, 0.25) is 0 Å². The molecular weight excluding hydrogens is 464 g/mol. The molecule has 0 bridgehead atoms. The van der Waals surface area contributed by atoms with Gasteiger partial charge in [-0.25, -0.2) is 0 Å². The number of carbonyl (C=O) groups is 2. The monoisotopic (exact) mass is 482 g/mol. The zero-order valence-corrected chi connectivity index (χ0v) is 18.7. The van der Waals surface area contributed by atoms with E-state index in [1.165, 1.54) is 30.3 Å². The van der Waals surface area contributed by atoms with Crippen LogP contribution in [-0.4, -0.2) is 17.9 Å². The van der Waals surface area contributed by atoms with Gasteiger partial charge in [-0.3, -0.25) is 14.5 Å². The Bertz CT molecular complexity index is 1160. The first kappa shape index (κ1) is 22.7. The number of carbonyl (C=O) groups excluding carboxylic acids is 2. The number of anilines is 2. The van der Waals surface area contributed by atoms with Crippen LogP contribution in [-0.2, 0) is 9.59 Å². The molecule has 1 atom stereocenters. The van der Waals surface area contributed by atoms with Crippen molar-refractivity contribution in [2.75, 3.05) is 10.2 Å². The largest absolute Gasteiger partial charge is 0.471 e. The number of ketones is 1. The van der Waals surface area contributed by atoms with E-state index in [4.69, 9.17) is 23.2 Å². The Morgan fingerprint density at radius 3 is 2.47 bits per heavy atom. The van der Waals surface area contributed by atoms with E-state index in [0.717, 1.165) is 0 Å². The third-order valence-corrected chi connectivity index (χ3v) is 6.47. The molecule has 4 rings (SSSR count). The predicted octanol–water partition coefficient (Wildman–Crippen LogP) is 6.70. The molecule has 32 heavy (non-hydrogen) atoms. The summed E-state index contributed by atoms with van der Waals surface area (Å²) in [5.41, 5.74) is 0.582. The third kappa shape index (κ3) is 3.88. The maximum Gasteiger partial charge on any atom is 0.471 e. The summed E-state index contributed by atoms with van der Waals surface area (Å²) in [7, 11) is 0. The van der Waals surface area contributed by atoms with Crippen LogP contribution in [0.15, 0.2) is 53.7 Å². The summed E-state index contributed by atoms with van der Waals surface area (Å²) in [6, 6.07) is 9.27. The van der Waals surface area contributed by atoms with Crippen LogP contribution in [0, 0.1) is 5.41 Å². The van der Waals surface area contributed by atoms with Crippen LogP contribution in [0.5, 0.6) is 0 Å². The van der Waals surface area contributed by atoms with E-state index in [-0.39, 0.29) is 39.1 Å². The molecule has 1 aliphatic carbocycles. The standard InChI is InChI=1S/C23H19Cl2F3N2O2/c1-22(2)10-15-18(17(31)11-22)20(12-6-5-7-13(24)19(12)25)30(21(32)23(26,27)28)16-9-4-3-8-14(16)29-15/h3-9,20,29H,10-11H2,1-2H3/t20-/m0/s1. The van der Waals surface area contributed by atoms with Crippen LogP contribution in [0.2, 0.25) is 10.0 Å². The number of benzene rings is 2. The topological polar surface area (TPSA) is 49.4 Å². The lowest BCUT2D eigenvalue weighted by Crippen LogP contribution is -2.45. The fourth-order valence-electron chi connectivity index (χ4n) is 4.37. The molecular formula is C23H19Cl2F3N2O2. The molecule has 0 spiro atoms. The highest BCUT2D eigenvalue weighted by Gasteiger charge is 2.50. The van der Waals surface area contributed by atoms with Crippen molar-refractivity contribution in [1.82, 2.24) is 0 Å². The number of amides is 1. The second-order valence-electron chi connectivity index (χ2n) is 8.69. The highest BCUT2D eigenvalue weighted by molar-refractivity contribution is 6.42. The first-order valence-corrected chi connectivity index (χ1v) is 10.6. The number of alkyl halides is 3. The molecule has 9 heteroatoms. The zero-order valence-electron chi connectivity index (χ0n) is 17.2. The van der Waals surface area contributed by atoms with E-state index in [9.17, 15) is 22.8 Å². The lowest BCUT2D eigenvalue weighted by molar-refractivity contribution is -0.170. The van der Waals surface area contributed by atoms with Gasteiger partial charge < -0.3 is 5.32 Å².